The van der Waals surface area contributed by atoms with Gasteiger partial charge >= 0.3 is 5.97 Å². The van der Waals surface area contributed by atoms with Crippen LogP contribution in [-0.2, 0) is 9.53 Å². The molecule has 2 aromatic rings. The molecule has 0 radical (unpaired) electrons. The van der Waals surface area contributed by atoms with Gasteiger partial charge in [0.1, 0.15) is 11.4 Å². The molecule has 0 aliphatic rings. The molecular weight excluding hydrogens is 348 g/mol. The Morgan fingerprint density at radius 3 is 1.89 bits per heavy atom. The summed E-state index contributed by atoms with van der Waals surface area (Å²) in [4.78, 5) is 12.1. The number of fused-ring (bicyclic) bond motifs is 1. The number of benzene rings is 2. The standard InChI is InChI=1S/C25H36O3/c1-23(2,3)22(24(4,5)6)19-14-10-13-18-17(19)12-11-15-20(18)27-16-21(26)28-25(7,8)9/h10-15,22H,16H2,1-9H3. The molecule has 28 heavy (non-hydrogen) atoms. The number of esters is 1. The predicted octanol–water partition coefficient (Wildman–Crippen LogP) is 6.74. The maximum atomic E-state index is 12.1. The highest BCUT2D eigenvalue weighted by Crippen LogP contribution is 2.49. The van der Waals surface area contributed by atoms with E-state index in [1.54, 1.807) is 0 Å². The average Bonchev–Trinajstić information content (AvgIpc) is 2.49. The molecule has 3 heteroatoms. The molecule has 0 aliphatic heterocycles. The summed E-state index contributed by atoms with van der Waals surface area (Å²) in [7, 11) is 0. The topological polar surface area (TPSA) is 35.5 Å². The van der Waals surface area contributed by atoms with Gasteiger partial charge < -0.3 is 9.47 Å². The summed E-state index contributed by atoms with van der Waals surface area (Å²) in [5, 5.41) is 2.21. The van der Waals surface area contributed by atoms with Gasteiger partial charge in [0.2, 0.25) is 0 Å². The maximum absolute atomic E-state index is 12.1. The first-order valence-corrected chi connectivity index (χ1v) is 10.1. The molecule has 0 N–H and O–H groups in total. The highest BCUT2D eigenvalue weighted by atomic mass is 16.6. The van der Waals surface area contributed by atoms with Gasteiger partial charge in [0.25, 0.3) is 0 Å². The molecule has 0 saturated carbocycles. The van der Waals surface area contributed by atoms with Gasteiger partial charge in [-0.05, 0) is 54.5 Å². The zero-order chi connectivity index (χ0) is 21.3. The predicted molar refractivity (Wildman–Crippen MR) is 117 cm³/mol. The Kier molecular flexibility index (Phi) is 6.18. The Balaban J connectivity index is 2.43. The van der Waals surface area contributed by atoms with Crippen molar-refractivity contribution in [1.29, 1.82) is 0 Å². The molecule has 2 rings (SSSR count). The van der Waals surface area contributed by atoms with Crippen LogP contribution in [0.1, 0.15) is 73.8 Å². The number of rotatable bonds is 4. The lowest BCUT2D eigenvalue weighted by Gasteiger charge is -2.41. The molecule has 0 spiro atoms. The lowest BCUT2D eigenvalue weighted by atomic mass is 9.63. The molecule has 0 atom stereocenters. The molecule has 0 bridgehead atoms. The number of hydrogen-bond donors (Lipinski definition) is 0. The van der Waals surface area contributed by atoms with Crippen LogP contribution in [0, 0.1) is 10.8 Å². The third kappa shape index (κ3) is 5.50. The van der Waals surface area contributed by atoms with E-state index in [0.29, 0.717) is 11.7 Å². The van der Waals surface area contributed by atoms with Gasteiger partial charge in [-0.1, -0.05) is 71.9 Å². The number of hydrogen-bond acceptors (Lipinski definition) is 3. The monoisotopic (exact) mass is 384 g/mol. The molecule has 0 heterocycles. The van der Waals surface area contributed by atoms with E-state index in [4.69, 9.17) is 9.47 Å². The van der Waals surface area contributed by atoms with E-state index in [9.17, 15) is 4.79 Å². The van der Waals surface area contributed by atoms with Crippen LogP contribution in [0.25, 0.3) is 10.8 Å². The minimum Gasteiger partial charge on any atom is -0.481 e. The molecular formula is C25H36O3. The lowest BCUT2D eigenvalue weighted by molar-refractivity contribution is -0.157. The molecule has 3 nitrogen and oxygen atoms in total. The van der Waals surface area contributed by atoms with E-state index in [2.05, 4.69) is 65.8 Å². The quantitative estimate of drug-likeness (QED) is 0.548. The van der Waals surface area contributed by atoms with E-state index in [1.165, 1.54) is 10.9 Å². The van der Waals surface area contributed by atoms with Crippen LogP contribution in [0.3, 0.4) is 0 Å². The first kappa shape index (κ1) is 22.3. The fraction of sp³-hybridized carbons (Fsp3) is 0.560. The highest BCUT2D eigenvalue weighted by molar-refractivity contribution is 5.91. The van der Waals surface area contributed by atoms with Gasteiger partial charge in [0, 0.05) is 5.39 Å². The average molecular weight is 385 g/mol. The number of ether oxygens (including phenoxy) is 2. The number of carbonyl (C=O) groups is 1. The summed E-state index contributed by atoms with van der Waals surface area (Å²) in [5.41, 5.74) is 1.03. The summed E-state index contributed by atoms with van der Waals surface area (Å²) in [6, 6.07) is 12.4. The summed E-state index contributed by atoms with van der Waals surface area (Å²) < 4.78 is 11.2. The fourth-order valence-electron chi connectivity index (χ4n) is 4.42. The minimum atomic E-state index is -0.515. The van der Waals surface area contributed by atoms with Crippen molar-refractivity contribution in [1.82, 2.24) is 0 Å². The van der Waals surface area contributed by atoms with Crippen molar-refractivity contribution < 1.29 is 14.3 Å². The Morgan fingerprint density at radius 1 is 0.821 bits per heavy atom. The Morgan fingerprint density at radius 2 is 1.36 bits per heavy atom. The van der Waals surface area contributed by atoms with Gasteiger partial charge in [-0.3, -0.25) is 0 Å². The van der Waals surface area contributed by atoms with Crippen molar-refractivity contribution in [2.75, 3.05) is 6.61 Å². The van der Waals surface area contributed by atoms with E-state index >= 15 is 0 Å². The molecule has 0 aliphatic carbocycles. The van der Waals surface area contributed by atoms with Crippen LogP contribution in [0.2, 0.25) is 0 Å². The third-order valence-electron chi connectivity index (χ3n) is 4.72. The van der Waals surface area contributed by atoms with Gasteiger partial charge in [-0.2, -0.15) is 0 Å². The van der Waals surface area contributed by atoms with Gasteiger partial charge in [0.15, 0.2) is 6.61 Å². The molecule has 0 aromatic heterocycles. The second-order valence-corrected chi connectivity index (χ2v) is 10.7. The lowest BCUT2D eigenvalue weighted by Crippen LogP contribution is -2.30. The van der Waals surface area contributed by atoms with Crippen molar-refractivity contribution in [3.05, 3.63) is 42.0 Å². The van der Waals surface area contributed by atoms with Crippen LogP contribution in [-0.4, -0.2) is 18.2 Å². The van der Waals surface area contributed by atoms with Crippen LogP contribution < -0.4 is 4.74 Å². The van der Waals surface area contributed by atoms with E-state index in [-0.39, 0.29) is 23.4 Å². The molecule has 0 fully saturated rings. The fourth-order valence-corrected chi connectivity index (χ4v) is 4.42. The van der Waals surface area contributed by atoms with Crippen molar-refractivity contribution in [3.63, 3.8) is 0 Å². The summed E-state index contributed by atoms with van der Waals surface area (Å²) in [6.45, 7) is 19.2. The second kappa shape index (κ2) is 7.77. The Labute approximate surface area is 170 Å². The zero-order valence-electron chi connectivity index (χ0n) is 19.0. The van der Waals surface area contributed by atoms with Gasteiger partial charge in [-0.25, -0.2) is 4.79 Å². The summed E-state index contributed by atoms with van der Waals surface area (Å²) in [6.07, 6.45) is 0. The normalized spacial score (nSPS) is 13.1. The molecule has 0 amide bonds. The maximum Gasteiger partial charge on any atom is 0.344 e. The number of carbonyl (C=O) groups excluding carboxylic acids is 1. The van der Waals surface area contributed by atoms with Crippen molar-refractivity contribution >= 4 is 16.7 Å². The summed E-state index contributed by atoms with van der Waals surface area (Å²) in [5.74, 6) is 0.722. The van der Waals surface area contributed by atoms with E-state index in [1.807, 2.05) is 32.9 Å². The second-order valence-electron chi connectivity index (χ2n) is 10.7. The Bertz CT molecular complexity index is 815. The molecule has 0 saturated heterocycles. The smallest absolute Gasteiger partial charge is 0.344 e. The van der Waals surface area contributed by atoms with Crippen molar-refractivity contribution in [2.45, 2.75) is 73.8 Å². The van der Waals surface area contributed by atoms with Crippen LogP contribution in [0.5, 0.6) is 5.75 Å². The first-order valence-electron chi connectivity index (χ1n) is 10.1. The van der Waals surface area contributed by atoms with Crippen molar-refractivity contribution in [3.8, 4) is 5.75 Å². The SMILES string of the molecule is CC(C)(C)OC(=O)COc1cccc2c(C(C(C)(C)C)C(C)(C)C)cccc12. The van der Waals surface area contributed by atoms with Crippen LogP contribution >= 0.6 is 0 Å². The molecule has 0 unspecified atom stereocenters. The van der Waals surface area contributed by atoms with E-state index in [0.717, 1.165) is 5.39 Å². The highest BCUT2D eigenvalue weighted by Gasteiger charge is 2.37. The minimum absolute atomic E-state index is 0.0947. The zero-order valence-corrected chi connectivity index (χ0v) is 19.0. The van der Waals surface area contributed by atoms with Crippen LogP contribution in [0.4, 0.5) is 0 Å². The largest absolute Gasteiger partial charge is 0.481 e. The van der Waals surface area contributed by atoms with Crippen molar-refractivity contribution in [2.24, 2.45) is 10.8 Å². The third-order valence-corrected chi connectivity index (χ3v) is 4.72. The van der Waals surface area contributed by atoms with Crippen LogP contribution in [0.15, 0.2) is 36.4 Å². The molecule has 154 valence electrons. The van der Waals surface area contributed by atoms with Gasteiger partial charge in [0.05, 0.1) is 0 Å². The summed E-state index contributed by atoms with van der Waals surface area (Å²) >= 11 is 0. The van der Waals surface area contributed by atoms with Gasteiger partial charge in [-0.15, -0.1) is 0 Å². The van der Waals surface area contributed by atoms with E-state index < -0.39 is 5.60 Å². The molecule has 2 aromatic carbocycles. The Hall–Kier alpha value is -2.03. The first-order chi connectivity index (χ1) is 12.7.